The first-order valence-electron chi connectivity index (χ1n) is 7.20. The van der Waals surface area contributed by atoms with Crippen LogP contribution in [0.5, 0.6) is 0 Å². The van der Waals surface area contributed by atoms with E-state index in [-0.39, 0.29) is 0 Å². The Morgan fingerprint density at radius 1 is 1.06 bits per heavy atom. The standard InChI is InChI=1S/C14H28OS2Si/c1-16-14(17-2)10-13(15-18(3,4)5)11-8-6-7-9-12(11)14/h11-13H,6-10H2,1-5H3/t11-,12+,13-/m0/s1. The van der Waals surface area contributed by atoms with Gasteiger partial charge in [0.2, 0.25) is 0 Å². The maximum atomic E-state index is 6.54. The van der Waals surface area contributed by atoms with Crippen molar-refractivity contribution in [3.05, 3.63) is 0 Å². The van der Waals surface area contributed by atoms with Gasteiger partial charge in [-0.3, -0.25) is 0 Å². The van der Waals surface area contributed by atoms with Crippen LogP contribution in [0.2, 0.25) is 19.6 Å². The smallest absolute Gasteiger partial charge is 0.184 e. The number of thioether (sulfide) groups is 2. The number of hydrogen-bond acceptors (Lipinski definition) is 3. The molecule has 0 radical (unpaired) electrons. The second kappa shape index (κ2) is 5.70. The fourth-order valence-corrected chi connectivity index (χ4v) is 7.56. The monoisotopic (exact) mass is 304 g/mol. The van der Waals surface area contributed by atoms with E-state index >= 15 is 0 Å². The highest BCUT2D eigenvalue weighted by Gasteiger charge is 2.54. The van der Waals surface area contributed by atoms with Gasteiger partial charge in [-0.05, 0) is 63.3 Å². The Morgan fingerprint density at radius 2 is 1.67 bits per heavy atom. The van der Waals surface area contributed by atoms with Gasteiger partial charge in [0.1, 0.15) is 0 Å². The van der Waals surface area contributed by atoms with Crippen molar-refractivity contribution in [3.8, 4) is 0 Å². The maximum Gasteiger partial charge on any atom is 0.184 e. The molecule has 0 aromatic rings. The van der Waals surface area contributed by atoms with Crippen molar-refractivity contribution in [2.75, 3.05) is 12.5 Å². The molecular formula is C14H28OS2Si. The number of hydrogen-bond donors (Lipinski definition) is 0. The van der Waals surface area contributed by atoms with Gasteiger partial charge in [0.05, 0.1) is 10.2 Å². The molecule has 2 fully saturated rings. The lowest BCUT2D eigenvalue weighted by atomic mass is 9.81. The summed E-state index contributed by atoms with van der Waals surface area (Å²) in [5.41, 5.74) is 0. The SMILES string of the molecule is CSC1(SC)C[C@H](O[Si](C)(C)C)[C@H]2CCCC[C@H]21. The van der Waals surface area contributed by atoms with Crippen LogP contribution in [0.15, 0.2) is 0 Å². The highest BCUT2D eigenvalue weighted by molar-refractivity contribution is 8.17. The van der Waals surface area contributed by atoms with Gasteiger partial charge >= 0.3 is 0 Å². The molecule has 0 N–H and O–H groups in total. The summed E-state index contributed by atoms with van der Waals surface area (Å²) in [5.74, 6) is 1.72. The molecule has 0 amide bonds. The third kappa shape index (κ3) is 2.97. The molecule has 2 aliphatic carbocycles. The molecule has 2 rings (SSSR count). The number of fused-ring (bicyclic) bond motifs is 1. The van der Waals surface area contributed by atoms with Crippen LogP contribution in [-0.4, -0.2) is 31.0 Å². The predicted octanol–water partition coefficient (Wildman–Crippen LogP) is 4.84. The quantitative estimate of drug-likeness (QED) is 0.543. The van der Waals surface area contributed by atoms with Gasteiger partial charge in [0.15, 0.2) is 8.32 Å². The third-order valence-electron chi connectivity index (χ3n) is 4.54. The van der Waals surface area contributed by atoms with Gasteiger partial charge in [-0.2, -0.15) is 0 Å². The molecule has 0 heterocycles. The molecule has 4 heteroatoms. The fourth-order valence-electron chi connectivity index (χ4n) is 3.87. The fraction of sp³-hybridized carbons (Fsp3) is 1.00. The van der Waals surface area contributed by atoms with Gasteiger partial charge in [0, 0.05) is 0 Å². The molecule has 0 aliphatic heterocycles. The minimum atomic E-state index is -1.41. The minimum Gasteiger partial charge on any atom is -0.414 e. The molecule has 0 aromatic carbocycles. The van der Waals surface area contributed by atoms with E-state index in [2.05, 4.69) is 55.7 Å². The molecule has 18 heavy (non-hydrogen) atoms. The zero-order chi connectivity index (χ0) is 13.4. The van der Waals surface area contributed by atoms with Crippen LogP contribution in [0.3, 0.4) is 0 Å². The van der Waals surface area contributed by atoms with Crippen molar-refractivity contribution in [3.63, 3.8) is 0 Å². The van der Waals surface area contributed by atoms with E-state index in [9.17, 15) is 0 Å². The van der Waals surface area contributed by atoms with Crippen molar-refractivity contribution in [2.45, 2.75) is 61.9 Å². The van der Waals surface area contributed by atoms with Crippen LogP contribution < -0.4 is 0 Å². The highest BCUT2D eigenvalue weighted by atomic mass is 32.2. The minimum absolute atomic E-state index is 0.440. The number of rotatable bonds is 4. The molecule has 0 unspecified atom stereocenters. The normalized spacial score (nSPS) is 35.5. The average Bonchev–Trinajstić information content (AvgIpc) is 2.63. The van der Waals surface area contributed by atoms with Gasteiger partial charge < -0.3 is 4.43 Å². The third-order valence-corrected chi connectivity index (χ3v) is 8.87. The molecule has 1 nitrogen and oxygen atoms in total. The molecule has 2 saturated carbocycles. The second-order valence-electron chi connectivity index (χ2n) is 6.75. The summed E-state index contributed by atoms with van der Waals surface area (Å²) in [4.78, 5) is 0. The van der Waals surface area contributed by atoms with Crippen LogP contribution in [0.25, 0.3) is 0 Å². The van der Waals surface area contributed by atoms with Gasteiger partial charge in [0.25, 0.3) is 0 Å². The molecule has 2 aliphatic rings. The average molecular weight is 305 g/mol. The first kappa shape index (κ1) is 15.3. The summed E-state index contributed by atoms with van der Waals surface area (Å²) in [6.07, 6.45) is 12.1. The Balaban J connectivity index is 2.18. The van der Waals surface area contributed by atoms with Crippen molar-refractivity contribution < 1.29 is 4.43 Å². The van der Waals surface area contributed by atoms with Crippen LogP contribution >= 0.6 is 23.5 Å². The van der Waals surface area contributed by atoms with E-state index in [0.29, 0.717) is 10.2 Å². The lowest BCUT2D eigenvalue weighted by molar-refractivity contribution is 0.111. The first-order chi connectivity index (χ1) is 8.42. The van der Waals surface area contributed by atoms with Crippen LogP contribution in [0.1, 0.15) is 32.1 Å². The maximum absolute atomic E-state index is 6.54. The summed E-state index contributed by atoms with van der Waals surface area (Å²) in [6, 6.07) is 0. The summed E-state index contributed by atoms with van der Waals surface area (Å²) in [6.45, 7) is 7.01. The first-order valence-corrected chi connectivity index (χ1v) is 13.1. The van der Waals surface area contributed by atoms with E-state index in [4.69, 9.17) is 4.43 Å². The Kier molecular flexibility index (Phi) is 4.84. The highest BCUT2D eigenvalue weighted by Crippen LogP contribution is 2.59. The van der Waals surface area contributed by atoms with Crippen LogP contribution in [-0.2, 0) is 4.43 Å². The van der Waals surface area contributed by atoms with E-state index in [1.54, 1.807) is 0 Å². The Morgan fingerprint density at radius 3 is 2.22 bits per heavy atom. The summed E-state index contributed by atoms with van der Waals surface area (Å²) < 4.78 is 6.98. The van der Waals surface area contributed by atoms with E-state index in [1.165, 1.54) is 32.1 Å². The van der Waals surface area contributed by atoms with Crippen molar-refractivity contribution >= 4 is 31.8 Å². The van der Waals surface area contributed by atoms with Crippen molar-refractivity contribution in [2.24, 2.45) is 11.8 Å². The Labute approximate surface area is 122 Å². The van der Waals surface area contributed by atoms with Gasteiger partial charge in [-0.25, -0.2) is 0 Å². The lowest BCUT2D eigenvalue weighted by Crippen LogP contribution is -2.35. The largest absolute Gasteiger partial charge is 0.414 e. The molecular weight excluding hydrogens is 276 g/mol. The van der Waals surface area contributed by atoms with Crippen LogP contribution in [0.4, 0.5) is 0 Å². The van der Waals surface area contributed by atoms with E-state index in [1.807, 2.05) is 0 Å². The summed E-state index contributed by atoms with van der Waals surface area (Å²) in [7, 11) is -1.41. The molecule has 0 spiro atoms. The molecule has 0 bridgehead atoms. The molecule has 0 saturated heterocycles. The zero-order valence-corrected chi connectivity index (χ0v) is 15.1. The topological polar surface area (TPSA) is 9.23 Å². The van der Waals surface area contributed by atoms with Crippen molar-refractivity contribution in [1.82, 2.24) is 0 Å². The molecule has 3 atom stereocenters. The predicted molar refractivity (Wildman–Crippen MR) is 88.0 cm³/mol. The van der Waals surface area contributed by atoms with Crippen LogP contribution in [0, 0.1) is 11.8 Å². The van der Waals surface area contributed by atoms with E-state index < -0.39 is 8.32 Å². The molecule has 106 valence electrons. The van der Waals surface area contributed by atoms with E-state index in [0.717, 1.165) is 11.8 Å². The summed E-state index contributed by atoms with van der Waals surface area (Å²) >= 11 is 4.19. The van der Waals surface area contributed by atoms with Crippen molar-refractivity contribution in [1.29, 1.82) is 0 Å². The molecule has 0 aromatic heterocycles. The zero-order valence-electron chi connectivity index (χ0n) is 12.5. The van der Waals surface area contributed by atoms with Gasteiger partial charge in [-0.1, -0.05) is 12.8 Å². The second-order valence-corrected chi connectivity index (χ2v) is 13.7. The Hall–Kier alpha value is 0.877. The lowest BCUT2D eigenvalue weighted by Gasteiger charge is -2.37. The Bertz CT molecular complexity index is 286. The summed E-state index contributed by atoms with van der Waals surface area (Å²) in [5, 5.41) is 0. The van der Waals surface area contributed by atoms with Gasteiger partial charge in [-0.15, -0.1) is 23.5 Å².